The summed E-state index contributed by atoms with van der Waals surface area (Å²) in [5.74, 6) is -0.173. The third kappa shape index (κ3) is 3.73. The van der Waals surface area contributed by atoms with Crippen LogP contribution in [-0.4, -0.2) is 20.9 Å². The maximum Gasteiger partial charge on any atom is 0.277 e. The van der Waals surface area contributed by atoms with E-state index < -0.39 is 0 Å². The van der Waals surface area contributed by atoms with Crippen LogP contribution in [0.2, 0.25) is 0 Å². The average Bonchev–Trinajstić information content (AvgIpc) is 2.57. The Morgan fingerprint density at radius 1 is 1.13 bits per heavy atom. The summed E-state index contributed by atoms with van der Waals surface area (Å²) in [6.07, 6.45) is 0.152. The number of carbonyl (C=O) groups is 1. The number of halogens is 1. The van der Waals surface area contributed by atoms with Crippen molar-refractivity contribution in [3.05, 3.63) is 62.5 Å². The molecule has 7 heteroatoms. The molecule has 0 aliphatic heterocycles. The summed E-state index contributed by atoms with van der Waals surface area (Å²) in [5, 5.41) is 11.2. The molecule has 0 saturated heterocycles. The summed E-state index contributed by atoms with van der Waals surface area (Å²) in [5.41, 5.74) is 1.04. The van der Waals surface area contributed by atoms with Gasteiger partial charge in [0.05, 0.1) is 11.9 Å². The largest absolute Gasteiger partial charge is 0.326 e. The zero-order valence-corrected chi connectivity index (χ0v) is 14.2. The summed E-state index contributed by atoms with van der Waals surface area (Å²) >= 11 is 2.20. The van der Waals surface area contributed by atoms with Gasteiger partial charge in [0, 0.05) is 15.7 Å². The van der Waals surface area contributed by atoms with Gasteiger partial charge in [-0.05, 0) is 59.0 Å². The Morgan fingerprint density at radius 3 is 2.65 bits per heavy atom. The third-order valence-electron chi connectivity index (χ3n) is 3.31. The van der Waals surface area contributed by atoms with Crippen molar-refractivity contribution in [1.29, 1.82) is 0 Å². The van der Waals surface area contributed by atoms with Crippen molar-refractivity contribution in [3.8, 4) is 0 Å². The number of aryl methyl sites for hydroxylation is 1. The fraction of sp³-hybridized carbons (Fsp3) is 0.125. The van der Waals surface area contributed by atoms with Gasteiger partial charge in [-0.2, -0.15) is 0 Å². The number of hydrogen-bond acceptors (Lipinski definition) is 4. The molecule has 0 bridgehead atoms. The van der Waals surface area contributed by atoms with Crippen LogP contribution in [0.15, 0.2) is 53.3 Å². The molecule has 3 rings (SSSR count). The SMILES string of the molecule is O=C(CCn1nnc2ccccc2c1=O)Nc1ccc(I)cc1. The maximum absolute atomic E-state index is 12.3. The summed E-state index contributed by atoms with van der Waals surface area (Å²) < 4.78 is 2.31. The Balaban J connectivity index is 1.68. The van der Waals surface area contributed by atoms with Crippen LogP contribution in [-0.2, 0) is 11.3 Å². The second-order valence-corrected chi connectivity index (χ2v) is 6.19. The van der Waals surface area contributed by atoms with Gasteiger partial charge >= 0.3 is 0 Å². The van der Waals surface area contributed by atoms with Crippen molar-refractivity contribution in [2.45, 2.75) is 13.0 Å². The van der Waals surface area contributed by atoms with Crippen molar-refractivity contribution in [3.63, 3.8) is 0 Å². The molecule has 116 valence electrons. The van der Waals surface area contributed by atoms with Crippen molar-refractivity contribution in [2.75, 3.05) is 5.32 Å². The molecule has 0 aliphatic rings. The van der Waals surface area contributed by atoms with E-state index in [4.69, 9.17) is 0 Å². The molecule has 0 spiro atoms. The van der Waals surface area contributed by atoms with E-state index in [0.717, 1.165) is 9.26 Å². The molecular formula is C16H13IN4O2. The maximum atomic E-state index is 12.3. The van der Waals surface area contributed by atoms with E-state index >= 15 is 0 Å². The Morgan fingerprint density at radius 2 is 1.87 bits per heavy atom. The van der Waals surface area contributed by atoms with Gasteiger partial charge in [-0.25, -0.2) is 4.68 Å². The zero-order chi connectivity index (χ0) is 16.2. The molecule has 1 heterocycles. The molecule has 0 aliphatic carbocycles. The van der Waals surface area contributed by atoms with E-state index in [0.29, 0.717) is 10.9 Å². The first kappa shape index (κ1) is 15.6. The summed E-state index contributed by atoms with van der Waals surface area (Å²) in [6, 6.07) is 14.5. The van der Waals surface area contributed by atoms with Crippen LogP contribution >= 0.6 is 22.6 Å². The van der Waals surface area contributed by atoms with Gasteiger partial charge in [-0.1, -0.05) is 17.3 Å². The highest BCUT2D eigenvalue weighted by atomic mass is 127. The van der Waals surface area contributed by atoms with Gasteiger partial charge in [-0.15, -0.1) is 5.10 Å². The van der Waals surface area contributed by atoms with Crippen LogP contribution in [0.25, 0.3) is 10.9 Å². The molecule has 6 nitrogen and oxygen atoms in total. The van der Waals surface area contributed by atoms with E-state index in [9.17, 15) is 9.59 Å². The van der Waals surface area contributed by atoms with Gasteiger partial charge < -0.3 is 5.32 Å². The minimum absolute atomic E-state index is 0.152. The molecule has 0 saturated carbocycles. The number of benzene rings is 2. The number of nitrogens with one attached hydrogen (secondary N) is 1. The molecule has 2 aromatic carbocycles. The molecule has 23 heavy (non-hydrogen) atoms. The van der Waals surface area contributed by atoms with Crippen molar-refractivity contribution < 1.29 is 4.79 Å². The normalized spacial score (nSPS) is 10.7. The summed E-state index contributed by atoms with van der Waals surface area (Å²) in [6.45, 7) is 0.187. The Bertz CT molecular complexity index is 906. The molecule has 1 aromatic heterocycles. The van der Waals surface area contributed by atoms with Crippen LogP contribution in [0, 0.1) is 3.57 Å². The van der Waals surface area contributed by atoms with Gasteiger partial charge in [0.2, 0.25) is 5.91 Å². The van der Waals surface area contributed by atoms with Gasteiger partial charge in [0.25, 0.3) is 5.56 Å². The Kier molecular flexibility index (Phi) is 4.65. The first-order chi connectivity index (χ1) is 11.1. The highest BCUT2D eigenvalue weighted by Gasteiger charge is 2.08. The van der Waals surface area contributed by atoms with Crippen LogP contribution in [0.5, 0.6) is 0 Å². The second-order valence-electron chi connectivity index (χ2n) is 4.94. The monoisotopic (exact) mass is 420 g/mol. The molecule has 3 aromatic rings. The van der Waals surface area contributed by atoms with Gasteiger partial charge in [0.1, 0.15) is 5.52 Å². The number of fused-ring (bicyclic) bond motifs is 1. The minimum Gasteiger partial charge on any atom is -0.326 e. The summed E-state index contributed by atoms with van der Waals surface area (Å²) in [4.78, 5) is 24.2. The Labute approximate surface area is 145 Å². The fourth-order valence-electron chi connectivity index (χ4n) is 2.13. The lowest BCUT2D eigenvalue weighted by atomic mass is 10.2. The molecule has 0 unspecified atom stereocenters. The van der Waals surface area contributed by atoms with E-state index in [2.05, 4.69) is 38.2 Å². The summed E-state index contributed by atoms with van der Waals surface area (Å²) in [7, 11) is 0. The predicted molar refractivity (Wildman–Crippen MR) is 96.2 cm³/mol. The van der Waals surface area contributed by atoms with E-state index in [1.165, 1.54) is 4.68 Å². The van der Waals surface area contributed by atoms with Crippen LogP contribution in [0.4, 0.5) is 5.69 Å². The quantitative estimate of drug-likeness (QED) is 0.658. The lowest BCUT2D eigenvalue weighted by Crippen LogP contribution is -2.26. The standard InChI is InChI=1S/C16H13IN4O2/c17-11-5-7-12(8-6-11)18-15(22)9-10-21-16(23)13-3-1-2-4-14(13)19-20-21/h1-8H,9-10H2,(H,18,22). The molecule has 1 amide bonds. The highest BCUT2D eigenvalue weighted by Crippen LogP contribution is 2.11. The zero-order valence-electron chi connectivity index (χ0n) is 12.1. The van der Waals surface area contributed by atoms with E-state index in [1.807, 2.05) is 24.3 Å². The highest BCUT2D eigenvalue weighted by molar-refractivity contribution is 14.1. The predicted octanol–water partition coefficient (Wildman–Crippen LogP) is 2.42. The number of anilines is 1. The second kappa shape index (κ2) is 6.86. The number of nitrogens with zero attached hydrogens (tertiary/aromatic N) is 3. The number of hydrogen-bond donors (Lipinski definition) is 1. The number of rotatable bonds is 4. The van der Waals surface area contributed by atoms with E-state index in [-0.39, 0.29) is 24.4 Å². The number of carbonyl (C=O) groups excluding carboxylic acids is 1. The first-order valence-corrected chi connectivity index (χ1v) is 8.09. The van der Waals surface area contributed by atoms with Gasteiger partial charge in [0.15, 0.2) is 0 Å². The van der Waals surface area contributed by atoms with Gasteiger partial charge in [-0.3, -0.25) is 9.59 Å². The lowest BCUT2D eigenvalue weighted by molar-refractivity contribution is -0.116. The smallest absolute Gasteiger partial charge is 0.277 e. The molecule has 0 fully saturated rings. The fourth-order valence-corrected chi connectivity index (χ4v) is 2.49. The minimum atomic E-state index is -0.238. The average molecular weight is 420 g/mol. The third-order valence-corrected chi connectivity index (χ3v) is 4.03. The van der Waals surface area contributed by atoms with Crippen molar-refractivity contribution >= 4 is 45.1 Å². The molecule has 0 radical (unpaired) electrons. The molecule has 1 N–H and O–H groups in total. The Hall–Kier alpha value is -2.29. The lowest BCUT2D eigenvalue weighted by Gasteiger charge is -2.06. The topological polar surface area (TPSA) is 76.9 Å². The van der Waals surface area contributed by atoms with Crippen LogP contribution < -0.4 is 10.9 Å². The first-order valence-electron chi connectivity index (χ1n) is 7.01. The van der Waals surface area contributed by atoms with E-state index in [1.54, 1.807) is 24.3 Å². The molecule has 0 atom stereocenters. The van der Waals surface area contributed by atoms with Crippen LogP contribution in [0.3, 0.4) is 0 Å². The van der Waals surface area contributed by atoms with Crippen molar-refractivity contribution in [1.82, 2.24) is 15.0 Å². The van der Waals surface area contributed by atoms with Crippen LogP contribution in [0.1, 0.15) is 6.42 Å². The number of aromatic nitrogens is 3. The van der Waals surface area contributed by atoms with Crippen molar-refractivity contribution in [2.24, 2.45) is 0 Å². The molecular weight excluding hydrogens is 407 g/mol. The number of amides is 1.